The lowest BCUT2D eigenvalue weighted by molar-refractivity contribution is 0.151. The molecule has 1 aromatic carbocycles. The van der Waals surface area contributed by atoms with Gasteiger partial charge in [0, 0.05) is 42.5 Å². The van der Waals surface area contributed by atoms with Crippen molar-refractivity contribution in [2.75, 3.05) is 0 Å². The largest absolute Gasteiger partial charge is 0.304 e. The third-order valence-corrected chi connectivity index (χ3v) is 4.53. The first-order valence-corrected chi connectivity index (χ1v) is 7.76. The Kier molecular flexibility index (Phi) is 3.82. The first-order chi connectivity index (χ1) is 11.7. The van der Waals surface area contributed by atoms with Crippen molar-refractivity contribution < 1.29 is 8.78 Å². The Morgan fingerprint density at radius 2 is 1.75 bits per heavy atom. The van der Waals surface area contributed by atoms with Crippen molar-refractivity contribution >= 4 is 6.21 Å². The summed E-state index contributed by atoms with van der Waals surface area (Å²) in [5.74, 6) is 0.110. The van der Waals surface area contributed by atoms with E-state index in [9.17, 15) is 8.78 Å². The normalized spacial score (nSPS) is 25.3. The molecular weight excluding hydrogens is 310 g/mol. The second kappa shape index (κ2) is 6.13. The molecule has 3 unspecified atom stereocenters. The molecule has 0 spiro atoms. The Labute approximate surface area is 138 Å². The van der Waals surface area contributed by atoms with Gasteiger partial charge in [-0.3, -0.25) is 9.98 Å². The predicted molar refractivity (Wildman–Crippen MR) is 87.5 cm³/mol. The molecule has 1 saturated heterocycles. The second-order valence-electron chi connectivity index (χ2n) is 5.87. The molecule has 122 valence electrons. The van der Waals surface area contributed by atoms with Gasteiger partial charge in [-0.25, -0.2) is 14.2 Å². The first-order valence-electron chi connectivity index (χ1n) is 7.76. The predicted octanol–water partition coefficient (Wildman–Crippen LogP) is 3.59. The molecule has 1 N–H and O–H groups in total. The third kappa shape index (κ3) is 2.59. The van der Waals surface area contributed by atoms with Gasteiger partial charge in [0.05, 0.1) is 12.1 Å². The summed E-state index contributed by atoms with van der Waals surface area (Å²) in [5, 5.41) is 2.02. The Bertz CT molecular complexity index is 758. The van der Waals surface area contributed by atoms with E-state index in [-0.39, 0.29) is 23.6 Å². The molecule has 1 fully saturated rings. The van der Waals surface area contributed by atoms with Crippen molar-refractivity contribution in [3.8, 4) is 0 Å². The average molecular weight is 326 g/mol. The maximum atomic E-state index is 12.8. The molecule has 2 aliphatic rings. The van der Waals surface area contributed by atoms with E-state index in [0.29, 0.717) is 0 Å². The molecule has 0 bridgehead atoms. The summed E-state index contributed by atoms with van der Waals surface area (Å²) in [6.07, 6.45) is 6.62. The highest BCUT2D eigenvalue weighted by atomic mass is 19.3. The summed E-state index contributed by atoms with van der Waals surface area (Å²) in [6, 6.07) is 10.5. The lowest BCUT2D eigenvalue weighted by atomic mass is 9.84. The van der Waals surface area contributed by atoms with Gasteiger partial charge in [-0.2, -0.15) is 0 Å². The van der Waals surface area contributed by atoms with Crippen LogP contribution >= 0.6 is 0 Å². The highest BCUT2D eigenvalue weighted by Gasteiger charge is 2.42. The lowest BCUT2D eigenvalue weighted by Gasteiger charge is -2.24. The standard InChI is InChI=1S/C18H16F2N4/c19-18(20)14-3-1-13(2-4-14)17-16(12-5-7-21-8-6-12)15-11-22-9-10-24(15)23-17/h1-11,15-18,23H. The van der Waals surface area contributed by atoms with Gasteiger partial charge in [-0.15, -0.1) is 0 Å². The highest BCUT2D eigenvalue weighted by molar-refractivity contribution is 5.69. The zero-order chi connectivity index (χ0) is 16.5. The van der Waals surface area contributed by atoms with Gasteiger partial charge in [0.15, 0.2) is 0 Å². The Morgan fingerprint density at radius 3 is 2.46 bits per heavy atom. The minimum Gasteiger partial charge on any atom is -0.304 e. The topological polar surface area (TPSA) is 40.5 Å². The van der Waals surface area contributed by atoms with E-state index in [1.807, 2.05) is 29.6 Å². The van der Waals surface area contributed by atoms with Crippen LogP contribution in [0.3, 0.4) is 0 Å². The van der Waals surface area contributed by atoms with Crippen molar-refractivity contribution in [1.29, 1.82) is 0 Å². The zero-order valence-corrected chi connectivity index (χ0v) is 12.8. The van der Waals surface area contributed by atoms with Gasteiger partial charge in [0.1, 0.15) is 0 Å². The fraction of sp³-hybridized carbons (Fsp3) is 0.222. The molecule has 2 aliphatic heterocycles. The number of nitrogens with zero attached hydrogens (tertiary/aromatic N) is 3. The fourth-order valence-electron chi connectivity index (χ4n) is 3.36. The van der Waals surface area contributed by atoms with Crippen LogP contribution in [-0.4, -0.2) is 22.2 Å². The van der Waals surface area contributed by atoms with Crippen LogP contribution in [0.2, 0.25) is 0 Å². The van der Waals surface area contributed by atoms with E-state index >= 15 is 0 Å². The summed E-state index contributed by atoms with van der Waals surface area (Å²) in [4.78, 5) is 8.34. The molecule has 1 aromatic heterocycles. The van der Waals surface area contributed by atoms with Crippen LogP contribution in [0.4, 0.5) is 8.78 Å². The van der Waals surface area contributed by atoms with E-state index in [2.05, 4.69) is 15.4 Å². The molecule has 24 heavy (non-hydrogen) atoms. The number of pyridine rings is 1. The quantitative estimate of drug-likeness (QED) is 0.937. The van der Waals surface area contributed by atoms with Gasteiger partial charge < -0.3 is 5.01 Å². The van der Waals surface area contributed by atoms with Gasteiger partial charge in [-0.05, 0) is 23.3 Å². The molecule has 3 atom stereocenters. The average Bonchev–Trinajstić information content (AvgIpc) is 3.02. The number of nitrogens with one attached hydrogen (secondary N) is 1. The first kappa shape index (κ1) is 15.0. The number of benzene rings is 1. The van der Waals surface area contributed by atoms with E-state index in [0.717, 1.165) is 11.1 Å². The number of hydrogen-bond donors (Lipinski definition) is 1. The molecule has 4 rings (SSSR count). The van der Waals surface area contributed by atoms with Crippen LogP contribution in [0.15, 0.2) is 66.2 Å². The van der Waals surface area contributed by atoms with Gasteiger partial charge >= 0.3 is 0 Å². The van der Waals surface area contributed by atoms with Crippen molar-refractivity contribution in [3.63, 3.8) is 0 Å². The van der Waals surface area contributed by atoms with Crippen molar-refractivity contribution in [3.05, 3.63) is 77.9 Å². The monoisotopic (exact) mass is 326 g/mol. The molecule has 3 heterocycles. The summed E-state index contributed by atoms with van der Waals surface area (Å²) < 4.78 is 25.6. The molecule has 2 aromatic rings. The number of rotatable bonds is 3. The van der Waals surface area contributed by atoms with Crippen LogP contribution < -0.4 is 5.43 Å². The fourth-order valence-corrected chi connectivity index (χ4v) is 3.36. The SMILES string of the molecule is FC(F)c1ccc(C2NN3C=CN=CC3C2c2ccncc2)cc1. The lowest BCUT2D eigenvalue weighted by Crippen LogP contribution is -2.35. The smallest absolute Gasteiger partial charge is 0.263 e. The number of alkyl halides is 2. The van der Waals surface area contributed by atoms with Gasteiger partial charge in [-0.1, -0.05) is 24.3 Å². The van der Waals surface area contributed by atoms with Crippen LogP contribution in [0.1, 0.15) is 35.1 Å². The van der Waals surface area contributed by atoms with E-state index in [4.69, 9.17) is 0 Å². The maximum absolute atomic E-state index is 12.8. The minimum absolute atomic E-state index is 0.0293. The van der Waals surface area contributed by atoms with E-state index in [1.54, 1.807) is 30.7 Å². The van der Waals surface area contributed by atoms with Crippen LogP contribution in [-0.2, 0) is 0 Å². The summed E-state index contributed by atoms with van der Waals surface area (Å²) >= 11 is 0. The minimum atomic E-state index is -2.45. The number of hydrazine groups is 1. The maximum Gasteiger partial charge on any atom is 0.263 e. The molecular formula is C18H16F2N4. The second-order valence-corrected chi connectivity index (χ2v) is 5.87. The van der Waals surface area contributed by atoms with Gasteiger partial charge in [0.2, 0.25) is 0 Å². The Morgan fingerprint density at radius 1 is 1.00 bits per heavy atom. The summed E-state index contributed by atoms with van der Waals surface area (Å²) in [6.45, 7) is 0. The third-order valence-electron chi connectivity index (χ3n) is 4.53. The summed E-state index contributed by atoms with van der Waals surface area (Å²) in [7, 11) is 0. The summed E-state index contributed by atoms with van der Waals surface area (Å²) in [5.41, 5.74) is 5.60. The molecule has 0 amide bonds. The highest BCUT2D eigenvalue weighted by Crippen LogP contribution is 2.41. The number of hydrogen-bond acceptors (Lipinski definition) is 4. The molecule has 0 aliphatic carbocycles. The molecule has 4 nitrogen and oxygen atoms in total. The van der Waals surface area contributed by atoms with Crippen molar-refractivity contribution in [1.82, 2.24) is 15.4 Å². The van der Waals surface area contributed by atoms with E-state index < -0.39 is 6.43 Å². The molecule has 6 heteroatoms. The zero-order valence-electron chi connectivity index (χ0n) is 12.8. The van der Waals surface area contributed by atoms with Crippen molar-refractivity contribution in [2.24, 2.45) is 4.99 Å². The molecule has 0 radical (unpaired) electrons. The number of fused-ring (bicyclic) bond motifs is 1. The van der Waals surface area contributed by atoms with Crippen LogP contribution in [0, 0.1) is 0 Å². The Balaban J connectivity index is 1.72. The number of aromatic nitrogens is 1. The van der Waals surface area contributed by atoms with Crippen LogP contribution in [0.25, 0.3) is 0 Å². The van der Waals surface area contributed by atoms with Crippen LogP contribution in [0.5, 0.6) is 0 Å². The molecule has 0 saturated carbocycles. The number of halogens is 2. The van der Waals surface area contributed by atoms with E-state index in [1.165, 1.54) is 12.1 Å². The van der Waals surface area contributed by atoms with Crippen molar-refractivity contribution in [2.45, 2.75) is 24.4 Å². The van der Waals surface area contributed by atoms with Gasteiger partial charge in [0.25, 0.3) is 6.43 Å². The Hall–Kier alpha value is -2.60. The number of aliphatic imine (C=N–C) groups is 1.